The SMILES string of the molecule is CSC(=O)N1CCCN(CCCCN2C(=S)N(c3ccc(C#N)c(C(F)(F)F)c3)C(=O)C2(C)C)CC1. The first-order valence-electron chi connectivity index (χ1n) is 11.7. The van der Waals surface area contributed by atoms with E-state index in [1.807, 2.05) is 4.90 Å². The van der Waals surface area contributed by atoms with E-state index < -0.39 is 28.7 Å². The molecule has 7 nitrogen and oxygen atoms in total. The Morgan fingerprint density at radius 1 is 1.17 bits per heavy atom. The molecular weight excluding hydrogens is 511 g/mol. The van der Waals surface area contributed by atoms with Gasteiger partial charge in [-0.15, -0.1) is 0 Å². The number of hydrogen-bond donors (Lipinski definition) is 0. The van der Waals surface area contributed by atoms with Gasteiger partial charge in [-0.1, -0.05) is 11.8 Å². The van der Waals surface area contributed by atoms with E-state index in [-0.39, 0.29) is 16.0 Å². The van der Waals surface area contributed by atoms with Crippen LogP contribution in [0.15, 0.2) is 18.2 Å². The minimum absolute atomic E-state index is 0.000751. The fourth-order valence-corrected chi connectivity index (χ4v) is 5.50. The van der Waals surface area contributed by atoms with Gasteiger partial charge in [-0.25, -0.2) is 0 Å². The Bertz CT molecular complexity index is 1060. The summed E-state index contributed by atoms with van der Waals surface area (Å²) in [6.45, 7) is 7.95. The van der Waals surface area contributed by atoms with Gasteiger partial charge in [0.05, 0.1) is 22.9 Å². The summed E-state index contributed by atoms with van der Waals surface area (Å²) in [6, 6.07) is 4.75. The molecule has 0 aliphatic carbocycles. The molecule has 0 spiro atoms. The van der Waals surface area contributed by atoms with Gasteiger partial charge in [0, 0.05) is 26.2 Å². The maximum absolute atomic E-state index is 13.5. The van der Waals surface area contributed by atoms with Crippen molar-refractivity contribution in [1.82, 2.24) is 14.7 Å². The minimum Gasteiger partial charge on any atom is -0.334 e. The zero-order chi connectivity index (χ0) is 26.7. The van der Waals surface area contributed by atoms with Crippen molar-refractivity contribution in [2.24, 2.45) is 0 Å². The second kappa shape index (κ2) is 11.4. The first-order valence-corrected chi connectivity index (χ1v) is 13.4. The Balaban J connectivity index is 1.63. The van der Waals surface area contributed by atoms with Gasteiger partial charge in [-0.05, 0) is 82.9 Å². The summed E-state index contributed by atoms with van der Waals surface area (Å²) in [4.78, 5) is 32.2. The van der Waals surface area contributed by atoms with Crippen LogP contribution < -0.4 is 4.90 Å². The van der Waals surface area contributed by atoms with E-state index in [9.17, 15) is 22.8 Å². The zero-order valence-corrected chi connectivity index (χ0v) is 22.2. The number of thiocarbonyl (C=S) groups is 1. The zero-order valence-electron chi connectivity index (χ0n) is 20.6. The number of alkyl halides is 3. The normalized spacial score (nSPS) is 19.0. The van der Waals surface area contributed by atoms with Crippen LogP contribution in [0.2, 0.25) is 0 Å². The fourth-order valence-electron chi connectivity index (χ4n) is 4.55. The van der Waals surface area contributed by atoms with E-state index in [1.54, 1.807) is 31.1 Å². The molecule has 2 amide bonds. The van der Waals surface area contributed by atoms with Crippen molar-refractivity contribution >= 4 is 45.9 Å². The molecule has 12 heteroatoms. The highest BCUT2D eigenvalue weighted by atomic mass is 32.2. The smallest absolute Gasteiger partial charge is 0.334 e. The highest BCUT2D eigenvalue weighted by Gasteiger charge is 2.49. The van der Waals surface area contributed by atoms with Crippen molar-refractivity contribution in [2.45, 2.75) is 44.8 Å². The van der Waals surface area contributed by atoms with Gasteiger partial charge in [0.2, 0.25) is 0 Å². The maximum Gasteiger partial charge on any atom is 0.417 e. The third-order valence-electron chi connectivity index (χ3n) is 6.64. The van der Waals surface area contributed by atoms with Crippen LogP contribution in [-0.2, 0) is 11.0 Å². The number of rotatable bonds is 6. The molecule has 36 heavy (non-hydrogen) atoms. The second-order valence-corrected chi connectivity index (χ2v) is 10.5. The van der Waals surface area contributed by atoms with Crippen molar-refractivity contribution in [3.8, 4) is 6.07 Å². The molecule has 2 aliphatic heterocycles. The second-order valence-electron chi connectivity index (χ2n) is 9.33. The average molecular weight is 542 g/mol. The molecule has 2 heterocycles. The number of carbonyl (C=O) groups excluding carboxylic acids is 2. The Morgan fingerprint density at radius 3 is 2.50 bits per heavy atom. The highest BCUT2D eigenvalue weighted by Crippen LogP contribution is 2.37. The van der Waals surface area contributed by atoms with Gasteiger partial charge in [0.1, 0.15) is 5.54 Å². The molecule has 2 saturated heterocycles. The number of nitrogens with zero attached hydrogens (tertiary/aromatic N) is 5. The first-order chi connectivity index (χ1) is 16.9. The summed E-state index contributed by atoms with van der Waals surface area (Å²) < 4.78 is 40.4. The largest absolute Gasteiger partial charge is 0.417 e. The van der Waals surface area contributed by atoms with Gasteiger partial charge in [-0.2, -0.15) is 18.4 Å². The van der Waals surface area contributed by atoms with E-state index in [2.05, 4.69) is 4.90 Å². The van der Waals surface area contributed by atoms with E-state index in [0.717, 1.165) is 62.5 Å². The van der Waals surface area contributed by atoms with Crippen LogP contribution in [0.3, 0.4) is 0 Å². The Morgan fingerprint density at radius 2 is 1.86 bits per heavy atom. The highest BCUT2D eigenvalue weighted by molar-refractivity contribution is 8.12. The summed E-state index contributed by atoms with van der Waals surface area (Å²) in [5.74, 6) is -0.406. The number of nitriles is 1. The Hall–Kier alpha value is -2.36. The number of carbonyl (C=O) groups is 2. The molecular formula is C24H30F3N5O2S2. The lowest BCUT2D eigenvalue weighted by molar-refractivity contribution is -0.137. The standard InChI is InChI=1S/C24H30F3N5O2S2/c1-23(2)20(33)32(18-8-7-17(16-28)19(15-18)24(25,26)27)21(35)31(23)12-5-4-9-29-10-6-11-30(14-13-29)22(34)36-3/h7-8,15H,4-6,9-14H2,1-3H3. The average Bonchev–Trinajstić information content (AvgIpc) is 3.00. The number of hydrogen-bond acceptors (Lipinski definition) is 6. The van der Waals surface area contributed by atoms with Gasteiger partial charge < -0.3 is 14.7 Å². The summed E-state index contributed by atoms with van der Waals surface area (Å²) in [6.07, 6.45) is -0.417. The molecule has 196 valence electrons. The molecule has 2 fully saturated rings. The first kappa shape index (κ1) is 28.2. The predicted octanol–water partition coefficient (Wildman–Crippen LogP) is 4.56. The van der Waals surface area contributed by atoms with Crippen LogP contribution in [0.5, 0.6) is 0 Å². The summed E-state index contributed by atoms with van der Waals surface area (Å²) in [5.41, 5.74) is -2.61. The summed E-state index contributed by atoms with van der Waals surface area (Å²) in [5, 5.41) is 9.31. The minimum atomic E-state index is -4.73. The van der Waals surface area contributed by atoms with Crippen LogP contribution in [0, 0.1) is 11.3 Å². The van der Waals surface area contributed by atoms with Gasteiger partial charge in [-0.3, -0.25) is 14.5 Å². The van der Waals surface area contributed by atoms with Crippen molar-refractivity contribution in [3.05, 3.63) is 29.3 Å². The van der Waals surface area contributed by atoms with Crippen LogP contribution in [0.25, 0.3) is 0 Å². The van der Waals surface area contributed by atoms with Crippen molar-refractivity contribution < 1.29 is 22.8 Å². The topological polar surface area (TPSA) is 70.9 Å². The number of amides is 2. The number of thioether (sulfide) groups is 1. The van der Waals surface area contributed by atoms with Gasteiger partial charge in [0.15, 0.2) is 5.11 Å². The van der Waals surface area contributed by atoms with Gasteiger partial charge >= 0.3 is 6.18 Å². The molecule has 1 aromatic rings. The van der Waals surface area contributed by atoms with E-state index in [1.165, 1.54) is 17.8 Å². The molecule has 0 saturated carbocycles. The molecule has 0 unspecified atom stereocenters. The third-order valence-corrected chi connectivity index (χ3v) is 7.65. The summed E-state index contributed by atoms with van der Waals surface area (Å²) in [7, 11) is 0. The summed E-state index contributed by atoms with van der Waals surface area (Å²) >= 11 is 6.77. The quantitative estimate of drug-likeness (QED) is 0.386. The van der Waals surface area contributed by atoms with E-state index in [4.69, 9.17) is 17.5 Å². The lowest BCUT2D eigenvalue weighted by atomic mass is 10.0. The van der Waals surface area contributed by atoms with Crippen LogP contribution >= 0.6 is 24.0 Å². The molecule has 0 radical (unpaired) electrons. The van der Waals surface area contributed by atoms with Crippen molar-refractivity contribution in [2.75, 3.05) is 50.4 Å². The Kier molecular flexibility index (Phi) is 8.90. The molecule has 0 bridgehead atoms. The lowest BCUT2D eigenvalue weighted by Crippen LogP contribution is -2.44. The molecule has 0 aromatic heterocycles. The fraction of sp³-hybridized carbons (Fsp3) is 0.583. The number of halogens is 3. The molecule has 0 atom stereocenters. The Labute approximate surface area is 219 Å². The number of unbranched alkanes of at least 4 members (excludes halogenated alkanes) is 1. The van der Waals surface area contributed by atoms with Crippen molar-refractivity contribution in [1.29, 1.82) is 5.26 Å². The maximum atomic E-state index is 13.5. The molecule has 3 rings (SSSR count). The third kappa shape index (κ3) is 5.95. The number of benzene rings is 1. The van der Waals surface area contributed by atoms with E-state index in [0.29, 0.717) is 13.1 Å². The van der Waals surface area contributed by atoms with Crippen molar-refractivity contribution in [3.63, 3.8) is 0 Å². The lowest BCUT2D eigenvalue weighted by Gasteiger charge is -2.29. The molecule has 0 N–H and O–H groups in total. The van der Waals surface area contributed by atoms with E-state index >= 15 is 0 Å². The van der Waals surface area contributed by atoms with Gasteiger partial charge in [0.25, 0.3) is 11.1 Å². The van der Waals surface area contributed by atoms with Crippen LogP contribution in [-0.4, -0.2) is 82.0 Å². The molecule has 2 aliphatic rings. The van der Waals surface area contributed by atoms with Crippen LogP contribution in [0.1, 0.15) is 44.2 Å². The molecule has 1 aromatic carbocycles. The predicted molar refractivity (Wildman–Crippen MR) is 138 cm³/mol. The number of anilines is 1. The monoisotopic (exact) mass is 541 g/mol. The van der Waals surface area contributed by atoms with Crippen LogP contribution in [0.4, 0.5) is 23.7 Å².